The third kappa shape index (κ3) is 3.19. The fourth-order valence-electron chi connectivity index (χ4n) is 2.00. The van der Waals surface area contributed by atoms with Crippen molar-refractivity contribution in [2.24, 2.45) is 7.05 Å². The summed E-state index contributed by atoms with van der Waals surface area (Å²) in [6.45, 7) is 2.59. The fourth-order valence-corrected chi connectivity index (χ4v) is 2.00. The maximum Gasteiger partial charge on any atom is 0.416 e. The van der Waals surface area contributed by atoms with Crippen molar-refractivity contribution < 1.29 is 13.2 Å². The van der Waals surface area contributed by atoms with Gasteiger partial charge in [-0.1, -0.05) is 18.2 Å². The molecule has 0 fully saturated rings. The summed E-state index contributed by atoms with van der Waals surface area (Å²) in [5, 5.41) is 7.13. The van der Waals surface area contributed by atoms with E-state index in [9.17, 15) is 13.2 Å². The maximum atomic E-state index is 12.8. The van der Waals surface area contributed by atoms with Crippen LogP contribution in [0.25, 0.3) is 0 Å². The third-order valence-electron chi connectivity index (χ3n) is 3.29. The van der Waals surface area contributed by atoms with Gasteiger partial charge in [-0.2, -0.15) is 18.3 Å². The number of halogens is 3. The van der Waals surface area contributed by atoms with Crippen LogP contribution in [0.5, 0.6) is 0 Å². The number of aryl methyl sites for hydroxylation is 1. The number of nitrogens with one attached hydrogen (secondary N) is 1. The zero-order chi connectivity index (χ0) is 14.8. The van der Waals surface area contributed by atoms with Crippen molar-refractivity contribution >= 4 is 0 Å². The SMILES string of the molecule is Cc1c(CNCc2ccccc2C(F)(F)F)cnn1C. The van der Waals surface area contributed by atoms with Gasteiger partial charge < -0.3 is 5.32 Å². The van der Waals surface area contributed by atoms with Crippen LogP contribution in [0, 0.1) is 6.92 Å². The Hall–Kier alpha value is -1.82. The van der Waals surface area contributed by atoms with E-state index in [2.05, 4.69) is 10.4 Å². The van der Waals surface area contributed by atoms with Crippen LogP contribution in [-0.4, -0.2) is 9.78 Å². The molecule has 1 heterocycles. The zero-order valence-electron chi connectivity index (χ0n) is 11.3. The lowest BCUT2D eigenvalue weighted by atomic mass is 10.1. The first-order valence-corrected chi connectivity index (χ1v) is 6.23. The van der Waals surface area contributed by atoms with E-state index in [4.69, 9.17) is 0 Å². The summed E-state index contributed by atoms with van der Waals surface area (Å²) in [4.78, 5) is 0. The van der Waals surface area contributed by atoms with Crippen molar-refractivity contribution in [3.63, 3.8) is 0 Å². The summed E-state index contributed by atoms with van der Waals surface area (Å²) in [6.07, 6.45) is -2.60. The monoisotopic (exact) mass is 283 g/mol. The van der Waals surface area contributed by atoms with E-state index >= 15 is 0 Å². The van der Waals surface area contributed by atoms with Gasteiger partial charge in [-0.3, -0.25) is 4.68 Å². The standard InChI is InChI=1S/C14H16F3N3/c1-10-12(9-19-20(10)2)8-18-7-11-5-3-4-6-13(11)14(15,16)17/h3-6,9,18H,7-8H2,1-2H3. The van der Waals surface area contributed by atoms with Crippen molar-refractivity contribution in [1.29, 1.82) is 0 Å². The van der Waals surface area contributed by atoms with Crippen LogP contribution in [0.4, 0.5) is 13.2 Å². The molecule has 1 aromatic heterocycles. The number of hydrogen-bond donors (Lipinski definition) is 1. The molecule has 108 valence electrons. The van der Waals surface area contributed by atoms with Crippen molar-refractivity contribution in [3.05, 3.63) is 52.8 Å². The van der Waals surface area contributed by atoms with E-state index in [-0.39, 0.29) is 12.1 Å². The molecule has 0 aliphatic rings. The smallest absolute Gasteiger partial charge is 0.308 e. The van der Waals surface area contributed by atoms with E-state index in [0.29, 0.717) is 6.54 Å². The molecule has 6 heteroatoms. The molecule has 2 rings (SSSR count). The van der Waals surface area contributed by atoms with Crippen LogP contribution < -0.4 is 5.32 Å². The molecule has 0 atom stereocenters. The molecular weight excluding hydrogens is 267 g/mol. The first-order valence-electron chi connectivity index (χ1n) is 6.23. The summed E-state index contributed by atoms with van der Waals surface area (Å²) in [6, 6.07) is 5.61. The molecule has 0 aliphatic heterocycles. The van der Waals surface area contributed by atoms with E-state index in [1.165, 1.54) is 12.1 Å². The molecule has 20 heavy (non-hydrogen) atoms. The van der Waals surface area contributed by atoms with Gasteiger partial charge in [0.2, 0.25) is 0 Å². The average molecular weight is 283 g/mol. The third-order valence-corrected chi connectivity index (χ3v) is 3.29. The van der Waals surface area contributed by atoms with Gasteiger partial charge in [0.25, 0.3) is 0 Å². The first-order chi connectivity index (χ1) is 9.39. The number of alkyl halides is 3. The van der Waals surface area contributed by atoms with Crippen molar-refractivity contribution in [3.8, 4) is 0 Å². The van der Waals surface area contributed by atoms with Crippen LogP contribution >= 0.6 is 0 Å². The molecule has 3 nitrogen and oxygen atoms in total. The summed E-state index contributed by atoms with van der Waals surface area (Å²) < 4.78 is 40.2. The highest BCUT2D eigenvalue weighted by Gasteiger charge is 2.32. The second-order valence-electron chi connectivity index (χ2n) is 4.64. The van der Waals surface area contributed by atoms with Gasteiger partial charge in [-0.15, -0.1) is 0 Å². The number of nitrogens with zero attached hydrogens (tertiary/aromatic N) is 2. The topological polar surface area (TPSA) is 29.9 Å². The highest BCUT2D eigenvalue weighted by Crippen LogP contribution is 2.31. The number of benzene rings is 1. The van der Waals surface area contributed by atoms with Crippen molar-refractivity contribution in [2.45, 2.75) is 26.2 Å². The average Bonchev–Trinajstić information content (AvgIpc) is 2.70. The Bertz CT molecular complexity index is 588. The Labute approximate surface area is 115 Å². The van der Waals surface area contributed by atoms with Crippen molar-refractivity contribution in [2.75, 3.05) is 0 Å². The minimum atomic E-state index is -4.32. The fraction of sp³-hybridized carbons (Fsp3) is 0.357. The van der Waals surface area contributed by atoms with Crippen molar-refractivity contribution in [1.82, 2.24) is 15.1 Å². The predicted molar refractivity (Wildman–Crippen MR) is 69.9 cm³/mol. The van der Waals surface area contributed by atoms with E-state index in [1.54, 1.807) is 16.9 Å². The highest BCUT2D eigenvalue weighted by molar-refractivity contribution is 5.29. The van der Waals surface area contributed by atoms with E-state index < -0.39 is 11.7 Å². The lowest BCUT2D eigenvalue weighted by Crippen LogP contribution is -2.17. The van der Waals surface area contributed by atoms with Gasteiger partial charge >= 0.3 is 6.18 Å². The highest BCUT2D eigenvalue weighted by atomic mass is 19.4. The van der Waals surface area contributed by atoms with Gasteiger partial charge in [0.15, 0.2) is 0 Å². The van der Waals surface area contributed by atoms with Gasteiger partial charge in [0, 0.05) is 31.4 Å². The normalized spacial score (nSPS) is 11.8. The maximum absolute atomic E-state index is 12.8. The molecule has 0 saturated heterocycles. The summed E-state index contributed by atoms with van der Waals surface area (Å²) in [5.74, 6) is 0. The Morgan fingerprint density at radius 1 is 1.15 bits per heavy atom. The molecule has 2 aromatic rings. The lowest BCUT2D eigenvalue weighted by molar-refractivity contribution is -0.138. The Morgan fingerprint density at radius 3 is 2.40 bits per heavy atom. The van der Waals surface area contributed by atoms with Gasteiger partial charge in [0.1, 0.15) is 0 Å². The minimum absolute atomic E-state index is 0.171. The summed E-state index contributed by atoms with van der Waals surface area (Å²) in [5.41, 5.74) is 1.65. The second kappa shape index (κ2) is 5.66. The van der Waals surface area contributed by atoms with Gasteiger partial charge in [-0.05, 0) is 18.6 Å². The van der Waals surface area contributed by atoms with Crippen LogP contribution in [0.1, 0.15) is 22.4 Å². The Kier molecular flexibility index (Phi) is 4.13. The molecule has 0 unspecified atom stereocenters. The Morgan fingerprint density at radius 2 is 1.80 bits per heavy atom. The first kappa shape index (κ1) is 14.6. The van der Waals surface area contributed by atoms with E-state index in [1.807, 2.05) is 14.0 Å². The van der Waals surface area contributed by atoms with Crippen LogP contribution in [-0.2, 0) is 26.3 Å². The number of rotatable bonds is 4. The molecule has 0 aliphatic carbocycles. The second-order valence-corrected chi connectivity index (χ2v) is 4.64. The molecule has 0 spiro atoms. The number of aromatic nitrogens is 2. The molecule has 0 radical (unpaired) electrons. The molecule has 1 N–H and O–H groups in total. The molecule has 0 amide bonds. The van der Waals surface area contributed by atoms with Gasteiger partial charge in [-0.25, -0.2) is 0 Å². The van der Waals surface area contributed by atoms with Crippen LogP contribution in [0.2, 0.25) is 0 Å². The zero-order valence-corrected chi connectivity index (χ0v) is 11.3. The Balaban J connectivity index is 2.03. The summed E-state index contributed by atoms with van der Waals surface area (Å²) in [7, 11) is 1.83. The molecule has 1 aromatic carbocycles. The van der Waals surface area contributed by atoms with Crippen LogP contribution in [0.3, 0.4) is 0 Å². The van der Waals surface area contributed by atoms with Crippen LogP contribution in [0.15, 0.2) is 30.5 Å². The van der Waals surface area contributed by atoms with E-state index in [0.717, 1.165) is 17.3 Å². The quantitative estimate of drug-likeness (QED) is 0.934. The number of hydrogen-bond acceptors (Lipinski definition) is 2. The largest absolute Gasteiger partial charge is 0.416 e. The minimum Gasteiger partial charge on any atom is -0.308 e. The molecule has 0 bridgehead atoms. The summed E-state index contributed by atoms with van der Waals surface area (Å²) >= 11 is 0. The predicted octanol–water partition coefficient (Wildman–Crippen LogP) is 3.04. The lowest BCUT2D eigenvalue weighted by Gasteiger charge is -2.13. The molecule has 0 saturated carbocycles. The van der Waals surface area contributed by atoms with Gasteiger partial charge in [0.05, 0.1) is 11.8 Å². The molecular formula is C14H16F3N3.